The number of halogens is 1. The largest absolute Gasteiger partial charge is 0.464 e. The summed E-state index contributed by atoms with van der Waals surface area (Å²) in [5.41, 5.74) is 1.43. The predicted molar refractivity (Wildman–Crippen MR) is 68.3 cm³/mol. The van der Waals surface area contributed by atoms with Gasteiger partial charge in [0.1, 0.15) is 6.61 Å². The molecular weight excluding hydrogens is 240 g/mol. The van der Waals surface area contributed by atoms with Gasteiger partial charge >= 0.3 is 5.97 Å². The summed E-state index contributed by atoms with van der Waals surface area (Å²) in [6.45, 7) is 7.26. The number of hydrogen-bond acceptors (Lipinski definition) is 2. The van der Waals surface area contributed by atoms with E-state index in [0.717, 1.165) is 0 Å². The lowest BCUT2D eigenvalue weighted by molar-refractivity contribution is -0.144. The van der Waals surface area contributed by atoms with Crippen LogP contribution in [0.2, 0.25) is 19.6 Å². The zero-order chi connectivity index (χ0) is 11.9. The second-order valence-corrected chi connectivity index (χ2v) is 11.1. The van der Waals surface area contributed by atoms with Crippen molar-refractivity contribution in [2.45, 2.75) is 32.5 Å². The van der Waals surface area contributed by atoms with E-state index in [4.69, 9.17) is 16.3 Å². The van der Waals surface area contributed by atoms with E-state index >= 15 is 0 Å². The van der Waals surface area contributed by atoms with Gasteiger partial charge in [-0.2, -0.15) is 0 Å². The second-order valence-electron chi connectivity index (χ2n) is 5.68. The van der Waals surface area contributed by atoms with Crippen LogP contribution in [0.4, 0.5) is 0 Å². The van der Waals surface area contributed by atoms with Gasteiger partial charge in [-0.1, -0.05) is 30.4 Å². The van der Waals surface area contributed by atoms with Crippen LogP contribution in [-0.2, 0) is 9.53 Å². The Bertz CT molecular complexity index is 339. The van der Waals surface area contributed by atoms with E-state index in [0.29, 0.717) is 18.4 Å². The fourth-order valence-electron chi connectivity index (χ4n) is 2.42. The molecule has 2 aliphatic carbocycles. The predicted octanol–water partition coefficient (Wildman–Crippen LogP) is 2.98. The van der Waals surface area contributed by atoms with Crippen molar-refractivity contribution in [1.82, 2.24) is 0 Å². The lowest BCUT2D eigenvalue weighted by atomic mass is 10.2. The van der Waals surface area contributed by atoms with Gasteiger partial charge in [-0.15, -0.1) is 11.6 Å². The summed E-state index contributed by atoms with van der Waals surface area (Å²) in [5, 5.41) is 1.45. The molecule has 0 aromatic rings. The van der Waals surface area contributed by atoms with Gasteiger partial charge < -0.3 is 4.74 Å². The highest BCUT2D eigenvalue weighted by atomic mass is 35.5. The highest BCUT2D eigenvalue weighted by Gasteiger charge is 2.53. The quantitative estimate of drug-likeness (QED) is 0.431. The van der Waals surface area contributed by atoms with E-state index < -0.39 is 8.07 Å². The second kappa shape index (κ2) is 4.19. The van der Waals surface area contributed by atoms with Crippen molar-refractivity contribution in [2.24, 2.45) is 11.8 Å². The van der Waals surface area contributed by atoms with Crippen molar-refractivity contribution in [3.05, 3.63) is 10.8 Å². The van der Waals surface area contributed by atoms with Crippen LogP contribution in [0.3, 0.4) is 0 Å². The highest BCUT2D eigenvalue weighted by molar-refractivity contribution is 6.85. The molecule has 0 N–H and O–H groups in total. The summed E-state index contributed by atoms with van der Waals surface area (Å²) in [6, 6.07) is 0. The minimum Gasteiger partial charge on any atom is -0.464 e. The Morgan fingerprint density at radius 1 is 1.44 bits per heavy atom. The van der Waals surface area contributed by atoms with Crippen molar-refractivity contribution in [3.63, 3.8) is 0 Å². The Morgan fingerprint density at radius 2 is 2.06 bits per heavy atom. The first kappa shape index (κ1) is 12.2. The molecule has 0 bridgehead atoms. The first-order valence-corrected chi connectivity index (χ1v) is 9.97. The van der Waals surface area contributed by atoms with E-state index in [1.807, 2.05) is 0 Å². The van der Waals surface area contributed by atoms with Gasteiger partial charge in [-0.25, -0.2) is 0 Å². The maximum atomic E-state index is 11.9. The molecule has 1 saturated carbocycles. The smallest absolute Gasteiger partial charge is 0.316 e. The third-order valence-electron chi connectivity index (χ3n) is 3.21. The van der Waals surface area contributed by atoms with E-state index in [1.165, 1.54) is 23.6 Å². The summed E-state index contributed by atoms with van der Waals surface area (Å²) in [5.74, 6) is 1.08. The average Bonchev–Trinajstić information content (AvgIpc) is 2.99. The molecule has 0 aromatic carbocycles. The highest BCUT2D eigenvalue weighted by Crippen LogP contribution is 2.57. The van der Waals surface area contributed by atoms with Gasteiger partial charge in [-0.3, -0.25) is 4.79 Å². The van der Waals surface area contributed by atoms with Crippen LogP contribution in [-0.4, -0.2) is 26.5 Å². The number of esters is 1. The Labute approximate surface area is 103 Å². The van der Waals surface area contributed by atoms with Gasteiger partial charge in [0.2, 0.25) is 0 Å². The molecule has 2 aliphatic rings. The van der Waals surface area contributed by atoms with Crippen LogP contribution in [0, 0.1) is 11.8 Å². The Balaban J connectivity index is 2.01. The molecule has 1 atom stereocenters. The standard InChI is InChI=1S/C12H19ClO2Si/c1-16(2,3)11-9(8-4-5-8)10(11)12(14)15-7-6-13/h8,10H,4-7H2,1-3H3. The monoisotopic (exact) mass is 258 g/mol. The molecule has 2 rings (SSSR count). The van der Waals surface area contributed by atoms with Gasteiger partial charge in [0.05, 0.1) is 19.9 Å². The van der Waals surface area contributed by atoms with Gasteiger partial charge in [-0.05, 0) is 18.8 Å². The van der Waals surface area contributed by atoms with Gasteiger partial charge in [0.25, 0.3) is 0 Å². The third-order valence-corrected chi connectivity index (χ3v) is 5.56. The molecule has 1 unspecified atom stereocenters. The maximum absolute atomic E-state index is 11.9. The zero-order valence-electron chi connectivity index (χ0n) is 10.2. The number of ether oxygens (including phenoxy) is 1. The summed E-state index contributed by atoms with van der Waals surface area (Å²) < 4.78 is 5.16. The van der Waals surface area contributed by atoms with E-state index in [-0.39, 0.29) is 11.9 Å². The fraction of sp³-hybridized carbons (Fsp3) is 0.750. The molecule has 0 saturated heterocycles. The lowest BCUT2D eigenvalue weighted by Crippen LogP contribution is -2.23. The summed E-state index contributed by atoms with van der Waals surface area (Å²) in [7, 11) is -1.33. The summed E-state index contributed by atoms with van der Waals surface area (Å²) in [6.07, 6.45) is 2.53. The first-order chi connectivity index (χ1) is 7.46. The van der Waals surface area contributed by atoms with Crippen molar-refractivity contribution in [1.29, 1.82) is 0 Å². The maximum Gasteiger partial charge on any atom is 0.316 e. The van der Waals surface area contributed by atoms with Gasteiger partial charge in [0, 0.05) is 0 Å². The molecule has 90 valence electrons. The van der Waals surface area contributed by atoms with E-state index in [1.54, 1.807) is 0 Å². The van der Waals surface area contributed by atoms with Crippen molar-refractivity contribution in [2.75, 3.05) is 12.5 Å². The molecule has 0 aromatic heterocycles. The zero-order valence-corrected chi connectivity index (χ0v) is 11.9. The molecule has 0 amide bonds. The minimum absolute atomic E-state index is 0.0439. The topological polar surface area (TPSA) is 26.3 Å². The molecular formula is C12H19ClO2Si. The number of carbonyl (C=O) groups is 1. The molecule has 4 heteroatoms. The average molecular weight is 259 g/mol. The van der Waals surface area contributed by atoms with Gasteiger partial charge in [0.15, 0.2) is 0 Å². The Morgan fingerprint density at radius 3 is 2.50 bits per heavy atom. The number of hydrogen-bond donors (Lipinski definition) is 0. The minimum atomic E-state index is -1.33. The van der Waals surface area contributed by atoms with Crippen LogP contribution in [0.1, 0.15) is 12.8 Å². The molecule has 1 fully saturated rings. The van der Waals surface area contributed by atoms with Crippen molar-refractivity contribution < 1.29 is 9.53 Å². The van der Waals surface area contributed by atoms with E-state index in [9.17, 15) is 4.79 Å². The fourth-order valence-corrected chi connectivity index (χ4v) is 4.78. The molecule has 0 spiro atoms. The summed E-state index contributed by atoms with van der Waals surface area (Å²) in [4.78, 5) is 11.9. The lowest BCUT2D eigenvalue weighted by Gasteiger charge is -2.12. The molecule has 0 aliphatic heterocycles. The van der Waals surface area contributed by atoms with Crippen LogP contribution >= 0.6 is 11.6 Å². The van der Waals surface area contributed by atoms with Crippen LogP contribution < -0.4 is 0 Å². The SMILES string of the molecule is C[Si](C)(C)C1=C(C2CC2)C1C(=O)OCCCl. The van der Waals surface area contributed by atoms with Crippen LogP contribution in [0.15, 0.2) is 10.8 Å². The number of alkyl halides is 1. The number of rotatable bonds is 5. The Hall–Kier alpha value is -0.283. The van der Waals surface area contributed by atoms with Crippen molar-refractivity contribution >= 4 is 25.6 Å². The first-order valence-electron chi connectivity index (χ1n) is 5.94. The third kappa shape index (κ3) is 2.35. The van der Waals surface area contributed by atoms with Crippen LogP contribution in [0.5, 0.6) is 0 Å². The van der Waals surface area contributed by atoms with Crippen molar-refractivity contribution in [3.8, 4) is 0 Å². The summed E-state index contributed by atoms with van der Waals surface area (Å²) >= 11 is 5.53. The van der Waals surface area contributed by atoms with Crippen LogP contribution in [0.25, 0.3) is 0 Å². The molecule has 0 radical (unpaired) electrons. The number of carbonyl (C=O) groups excluding carboxylic acids is 1. The molecule has 0 heterocycles. The molecule has 16 heavy (non-hydrogen) atoms. The molecule has 2 nitrogen and oxygen atoms in total. The van der Waals surface area contributed by atoms with E-state index in [2.05, 4.69) is 19.6 Å². The normalized spacial score (nSPS) is 24.6. The Kier molecular flexibility index (Phi) is 3.19.